The second-order valence-electron chi connectivity index (χ2n) is 4.99. The van der Waals surface area contributed by atoms with Crippen LogP contribution in [0.3, 0.4) is 0 Å². The van der Waals surface area contributed by atoms with Crippen LogP contribution in [-0.4, -0.2) is 22.5 Å². The molecule has 2 aromatic heterocycles. The number of fused-ring (bicyclic) bond motifs is 1. The number of allylic oxidation sites excluding steroid dienone is 1. The molecule has 23 heavy (non-hydrogen) atoms. The minimum Gasteiger partial charge on any atom is -0.356 e. The van der Waals surface area contributed by atoms with Crippen molar-refractivity contribution < 1.29 is 0 Å². The highest BCUT2D eigenvalue weighted by Gasteiger charge is 2.16. The van der Waals surface area contributed by atoms with Crippen molar-refractivity contribution in [3.05, 3.63) is 45.4 Å². The fourth-order valence-electron chi connectivity index (χ4n) is 2.42. The first kappa shape index (κ1) is 16.3. The number of rotatable bonds is 4. The minimum atomic E-state index is -0.288. The van der Waals surface area contributed by atoms with Gasteiger partial charge in [-0.3, -0.25) is 9.20 Å². The van der Waals surface area contributed by atoms with Crippen molar-refractivity contribution in [3.63, 3.8) is 0 Å². The summed E-state index contributed by atoms with van der Waals surface area (Å²) in [7, 11) is 0. The summed E-state index contributed by atoms with van der Waals surface area (Å²) in [5.41, 5.74) is 1.31. The molecule has 2 heterocycles. The molecule has 0 bridgehead atoms. The number of aromatic nitrogens is 2. The van der Waals surface area contributed by atoms with Gasteiger partial charge in [-0.15, -0.1) is 0 Å². The fourth-order valence-corrected chi connectivity index (χ4v) is 2.42. The van der Waals surface area contributed by atoms with E-state index in [-0.39, 0.29) is 16.7 Å². The lowest BCUT2D eigenvalue weighted by atomic mass is 10.1. The normalized spacial score (nSPS) is 9.96. The van der Waals surface area contributed by atoms with E-state index in [0.29, 0.717) is 24.6 Å². The maximum atomic E-state index is 12.8. The Labute approximate surface area is 134 Å². The maximum absolute atomic E-state index is 12.8. The highest BCUT2D eigenvalue weighted by molar-refractivity contribution is 5.72. The number of hydrogen-bond acceptors (Lipinski definition) is 5. The van der Waals surface area contributed by atoms with Crippen molar-refractivity contribution >= 4 is 17.5 Å². The summed E-state index contributed by atoms with van der Waals surface area (Å²) >= 11 is 0. The van der Waals surface area contributed by atoms with E-state index < -0.39 is 0 Å². The first-order chi connectivity index (χ1) is 11.1. The Kier molecular flexibility index (Phi) is 4.78. The number of nitrogens with zero attached hydrogens (tertiary/aromatic N) is 5. The second kappa shape index (κ2) is 6.76. The average molecular weight is 307 g/mol. The Morgan fingerprint density at radius 1 is 1.35 bits per heavy atom. The van der Waals surface area contributed by atoms with Crippen molar-refractivity contribution in [2.45, 2.75) is 20.8 Å². The van der Waals surface area contributed by atoms with Gasteiger partial charge >= 0.3 is 0 Å². The highest BCUT2D eigenvalue weighted by Crippen LogP contribution is 2.20. The van der Waals surface area contributed by atoms with Gasteiger partial charge in [0.2, 0.25) is 0 Å². The summed E-state index contributed by atoms with van der Waals surface area (Å²) in [6.45, 7) is 7.15. The summed E-state index contributed by atoms with van der Waals surface area (Å²) in [4.78, 5) is 19.4. The van der Waals surface area contributed by atoms with E-state index in [0.717, 1.165) is 5.56 Å². The molecule has 0 radical (unpaired) electrons. The van der Waals surface area contributed by atoms with E-state index in [1.807, 2.05) is 31.7 Å². The van der Waals surface area contributed by atoms with Crippen LogP contribution in [-0.2, 0) is 0 Å². The molecule has 116 valence electrons. The Morgan fingerprint density at radius 3 is 2.57 bits per heavy atom. The summed E-state index contributed by atoms with van der Waals surface area (Å²) < 4.78 is 1.44. The van der Waals surface area contributed by atoms with E-state index in [1.165, 1.54) is 10.5 Å². The van der Waals surface area contributed by atoms with Crippen LogP contribution in [0.5, 0.6) is 0 Å². The maximum Gasteiger partial charge on any atom is 0.267 e. The molecule has 0 saturated carbocycles. The predicted octanol–water partition coefficient (Wildman–Crippen LogP) is 2.28. The van der Waals surface area contributed by atoms with Gasteiger partial charge in [-0.25, -0.2) is 4.98 Å². The van der Waals surface area contributed by atoms with Crippen molar-refractivity contribution in [2.75, 3.05) is 18.0 Å². The molecule has 6 heteroatoms. The molecule has 0 N–H and O–H groups in total. The van der Waals surface area contributed by atoms with Crippen LogP contribution in [0, 0.1) is 29.6 Å². The Hall–Kier alpha value is -3.12. The molecule has 2 aromatic rings. The number of aryl methyl sites for hydroxylation is 1. The van der Waals surface area contributed by atoms with Gasteiger partial charge in [0.1, 0.15) is 29.2 Å². The van der Waals surface area contributed by atoms with Gasteiger partial charge in [-0.1, -0.05) is 6.07 Å². The molecule has 2 rings (SSSR count). The minimum absolute atomic E-state index is 0.120. The first-order valence-electron chi connectivity index (χ1n) is 7.36. The lowest BCUT2D eigenvalue weighted by molar-refractivity contribution is 0.836. The highest BCUT2D eigenvalue weighted by atomic mass is 16.1. The SMILES string of the molecule is CCN(CC)c1nc2c(C)cccn2c(=O)c1C=C(C#N)C#N. The summed E-state index contributed by atoms with van der Waals surface area (Å²) in [6, 6.07) is 7.25. The van der Waals surface area contributed by atoms with Gasteiger partial charge in [0.05, 0.1) is 5.56 Å². The molecule has 0 aromatic carbocycles. The number of pyridine rings is 1. The third kappa shape index (κ3) is 2.93. The monoisotopic (exact) mass is 307 g/mol. The predicted molar refractivity (Wildman–Crippen MR) is 89.0 cm³/mol. The number of nitriles is 2. The topological polar surface area (TPSA) is 85.2 Å². The Balaban J connectivity index is 2.93. The van der Waals surface area contributed by atoms with Gasteiger partial charge in [-0.2, -0.15) is 10.5 Å². The summed E-state index contributed by atoms with van der Waals surface area (Å²) in [5.74, 6) is 0.498. The van der Waals surface area contributed by atoms with Gasteiger partial charge in [0.15, 0.2) is 0 Å². The third-order valence-electron chi connectivity index (χ3n) is 3.66. The van der Waals surface area contributed by atoms with E-state index in [9.17, 15) is 4.79 Å². The molecule has 0 unspecified atom stereocenters. The van der Waals surface area contributed by atoms with Crippen molar-refractivity contribution in [3.8, 4) is 12.1 Å². The molecule has 0 atom stereocenters. The van der Waals surface area contributed by atoms with Crippen LogP contribution in [0.4, 0.5) is 5.82 Å². The molecule has 0 aliphatic heterocycles. The zero-order valence-electron chi connectivity index (χ0n) is 13.4. The molecule has 0 aliphatic carbocycles. The van der Waals surface area contributed by atoms with Gasteiger partial charge < -0.3 is 4.90 Å². The lowest BCUT2D eigenvalue weighted by Gasteiger charge is -2.22. The Bertz CT molecular complexity index is 891. The number of hydrogen-bond donors (Lipinski definition) is 0. The summed E-state index contributed by atoms with van der Waals surface area (Å²) in [6.07, 6.45) is 2.96. The van der Waals surface area contributed by atoms with E-state index >= 15 is 0 Å². The van der Waals surface area contributed by atoms with E-state index in [1.54, 1.807) is 24.4 Å². The van der Waals surface area contributed by atoms with Crippen LogP contribution < -0.4 is 10.5 Å². The van der Waals surface area contributed by atoms with Crippen molar-refractivity contribution in [1.82, 2.24) is 9.38 Å². The molecular formula is C17H17N5O. The van der Waals surface area contributed by atoms with Crippen molar-refractivity contribution in [1.29, 1.82) is 10.5 Å². The molecule has 0 fully saturated rings. The van der Waals surface area contributed by atoms with Crippen LogP contribution >= 0.6 is 0 Å². The molecular weight excluding hydrogens is 290 g/mol. The van der Waals surface area contributed by atoms with E-state index in [4.69, 9.17) is 10.5 Å². The lowest BCUT2D eigenvalue weighted by Crippen LogP contribution is -2.29. The average Bonchev–Trinajstić information content (AvgIpc) is 2.56. The van der Waals surface area contributed by atoms with Crippen LogP contribution in [0.15, 0.2) is 28.7 Å². The fraction of sp³-hybridized carbons (Fsp3) is 0.294. The molecule has 6 nitrogen and oxygen atoms in total. The smallest absolute Gasteiger partial charge is 0.267 e. The van der Waals surface area contributed by atoms with Gasteiger partial charge in [0, 0.05) is 19.3 Å². The molecule has 0 saturated heterocycles. The number of anilines is 1. The molecule has 0 amide bonds. The summed E-state index contributed by atoms with van der Waals surface area (Å²) in [5, 5.41) is 18.0. The second-order valence-corrected chi connectivity index (χ2v) is 4.99. The van der Waals surface area contributed by atoms with Gasteiger partial charge in [0.25, 0.3) is 5.56 Å². The van der Waals surface area contributed by atoms with E-state index in [2.05, 4.69) is 4.98 Å². The standard InChI is InChI=1S/C17H17N5O/c1-4-21(5-2)16-14(9-13(10-18)11-19)17(23)22-8-6-7-12(3)15(22)20-16/h6-9H,4-5H2,1-3H3. The van der Waals surface area contributed by atoms with Gasteiger partial charge in [-0.05, 0) is 38.5 Å². The van der Waals surface area contributed by atoms with Crippen molar-refractivity contribution in [2.24, 2.45) is 0 Å². The van der Waals surface area contributed by atoms with Crippen LogP contribution in [0.1, 0.15) is 25.0 Å². The Morgan fingerprint density at radius 2 is 2.00 bits per heavy atom. The zero-order valence-corrected chi connectivity index (χ0v) is 13.4. The van der Waals surface area contributed by atoms with Crippen LogP contribution in [0.2, 0.25) is 0 Å². The zero-order chi connectivity index (χ0) is 17.0. The molecule has 0 spiro atoms. The largest absolute Gasteiger partial charge is 0.356 e. The first-order valence-corrected chi connectivity index (χ1v) is 7.36. The quantitative estimate of drug-likeness (QED) is 0.809. The molecule has 0 aliphatic rings. The van der Waals surface area contributed by atoms with Crippen LogP contribution in [0.25, 0.3) is 11.7 Å². The third-order valence-corrected chi connectivity index (χ3v) is 3.66.